The zero-order valence-electron chi connectivity index (χ0n) is 13.2. The van der Waals surface area contributed by atoms with Crippen molar-refractivity contribution in [3.8, 4) is 22.8 Å². The van der Waals surface area contributed by atoms with Gasteiger partial charge in [-0.05, 0) is 43.3 Å². The van der Waals surface area contributed by atoms with Crippen LogP contribution in [-0.4, -0.2) is 37.2 Å². The normalized spacial score (nSPS) is 19.1. The number of hydrogen-bond donors (Lipinski definition) is 2. The monoisotopic (exact) mass is 325 g/mol. The van der Waals surface area contributed by atoms with Gasteiger partial charge in [0.05, 0.1) is 11.6 Å². The van der Waals surface area contributed by atoms with Crippen molar-refractivity contribution in [3.63, 3.8) is 0 Å². The van der Waals surface area contributed by atoms with Gasteiger partial charge in [0.2, 0.25) is 5.91 Å². The van der Waals surface area contributed by atoms with E-state index in [4.69, 9.17) is 9.47 Å². The molecule has 1 unspecified atom stereocenters. The quantitative estimate of drug-likeness (QED) is 0.904. The fraction of sp³-hybridized carbons (Fsp3) is 0.333. The number of pyridine rings is 1. The average Bonchev–Trinajstić information content (AvgIpc) is 3.16. The van der Waals surface area contributed by atoms with Gasteiger partial charge in [-0.2, -0.15) is 0 Å². The first-order valence-corrected chi connectivity index (χ1v) is 8.18. The molecule has 6 heteroatoms. The Hall–Kier alpha value is -2.60. The molecule has 0 aliphatic carbocycles. The van der Waals surface area contributed by atoms with Gasteiger partial charge in [-0.15, -0.1) is 0 Å². The summed E-state index contributed by atoms with van der Waals surface area (Å²) in [4.78, 5) is 16.8. The Kier molecular flexibility index (Phi) is 4.04. The Morgan fingerprint density at radius 2 is 2.04 bits per heavy atom. The molecule has 1 aromatic carbocycles. The third-order valence-electron chi connectivity index (χ3n) is 4.27. The number of benzene rings is 1. The van der Waals surface area contributed by atoms with E-state index in [0.29, 0.717) is 19.0 Å². The molecule has 0 bridgehead atoms. The zero-order valence-corrected chi connectivity index (χ0v) is 13.2. The predicted molar refractivity (Wildman–Crippen MR) is 90.3 cm³/mol. The Balaban J connectivity index is 1.55. The number of carbonyl (C=O) groups excluding carboxylic acids is 1. The van der Waals surface area contributed by atoms with E-state index < -0.39 is 0 Å². The van der Waals surface area contributed by atoms with Crippen molar-refractivity contribution in [3.05, 3.63) is 36.4 Å². The van der Waals surface area contributed by atoms with E-state index in [1.165, 1.54) is 0 Å². The summed E-state index contributed by atoms with van der Waals surface area (Å²) in [7, 11) is 0. The number of ether oxygens (including phenoxy) is 2. The second-order valence-corrected chi connectivity index (χ2v) is 5.95. The number of nitrogens with one attached hydrogen (secondary N) is 2. The van der Waals surface area contributed by atoms with Gasteiger partial charge in [0.25, 0.3) is 0 Å². The van der Waals surface area contributed by atoms with Gasteiger partial charge in [0.1, 0.15) is 19.0 Å². The lowest BCUT2D eigenvalue weighted by atomic mass is 10.1. The predicted octanol–water partition coefficient (Wildman–Crippen LogP) is 2.07. The Labute approximate surface area is 140 Å². The van der Waals surface area contributed by atoms with Crippen molar-refractivity contribution in [2.24, 2.45) is 5.92 Å². The zero-order chi connectivity index (χ0) is 16.4. The molecule has 1 fully saturated rings. The second-order valence-electron chi connectivity index (χ2n) is 5.95. The number of aromatic nitrogens is 1. The Morgan fingerprint density at radius 1 is 1.17 bits per heavy atom. The lowest BCUT2D eigenvalue weighted by Crippen LogP contribution is -2.25. The molecule has 1 amide bonds. The highest BCUT2D eigenvalue weighted by Crippen LogP contribution is 2.34. The highest BCUT2D eigenvalue weighted by Gasteiger charge is 2.22. The van der Waals surface area contributed by atoms with E-state index in [-0.39, 0.29) is 11.8 Å². The molecule has 24 heavy (non-hydrogen) atoms. The molecule has 3 heterocycles. The average molecular weight is 325 g/mol. The summed E-state index contributed by atoms with van der Waals surface area (Å²) in [6, 6.07) is 11.4. The van der Waals surface area contributed by atoms with E-state index in [0.717, 1.165) is 42.3 Å². The van der Waals surface area contributed by atoms with Gasteiger partial charge in [0, 0.05) is 12.1 Å². The maximum absolute atomic E-state index is 12.2. The highest BCUT2D eigenvalue weighted by molar-refractivity contribution is 5.92. The molecule has 124 valence electrons. The fourth-order valence-electron chi connectivity index (χ4n) is 2.97. The summed E-state index contributed by atoms with van der Waals surface area (Å²) in [5.74, 6) is 2.09. The fourth-order valence-corrected chi connectivity index (χ4v) is 2.97. The smallest absolute Gasteiger partial charge is 0.229 e. The standard InChI is InChI=1S/C18H19N3O3/c22-18(13-6-7-19-11-13)21-17-3-1-2-14(20-17)12-4-5-15-16(10-12)24-9-8-23-15/h1-5,10,13,19H,6-9,11H2,(H,20,21,22). The van der Waals surface area contributed by atoms with Crippen LogP contribution in [0.15, 0.2) is 36.4 Å². The molecule has 2 aliphatic rings. The van der Waals surface area contributed by atoms with Crippen LogP contribution >= 0.6 is 0 Å². The number of anilines is 1. The van der Waals surface area contributed by atoms with Crippen LogP contribution in [0, 0.1) is 5.92 Å². The second kappa shape index (κ2) is 6.49. The topological polar surface area (TPSA) is 72.5 Å². The Bertz CT molecular complexity index is 757. The van der Waals surface area contributed by atoms with Crippen LogP contribution in [0.25, 0.3) is 11.3 Å². The first kappa shape index (κ1) is 15.0. The summed E-state index contributed by atoms with van der Waals surface area (Å²) in [5, 5.41) is 6.11. The van der Waals surface area contributed by atoms with Gasteiger partial charge < -0.3 is 20.1 Å². The van der Waals surface area contributed by atoms with Crippen molar-refractivity contribution < 1.29 is 14.3 Å². The SMILES string of the molecule is O=C(Nc1cccc(-c2ccc3c(c2)OCCO3)n1)C1CCNC1. The molecular weight excluding hydrogens is 306 g/mol. The van der Waals surface area contributed by atoms with Gasteiger partial charge in [-0.1, -0.05) is 6.07 Å². The summed E-state index contributed by atoms with van der Waals surface area (Å²) in [6.07, 6.45) is 0.869. The van der Waals surface area contributed by atoms with Crippen molar-refractivity contribution in [2.45, 2.75) is 6.42 Å². The maximum Gasteiger partial charge on any atom is 0.229 e. The lowest BCUT2D eigenvalue weighted by molar-refractivity contribution is -0.119. The van der Waals surface area contributed by atoms with E-state index >= 15 is 0 Å². The summed E-state index contributed by atoms with van der Waals surface area (Å²) < 4.78 is 11.2. The first-order valence-electron chi connectivity index (χ1n) is 8.18. The number of rotatable bonds is 3. The molecule has 0 spiro atoms. The van der Waals surface area contributed by atoms with Crippen LogP contribution in [0.1, 0.15) is 6.42 Å². The van der Waals surface area contributed by atoms with Crippen molar-refractivity contribution in [1.82, 2.24) is 10.3 Å². The third-order valence-corrected chi connectivity index (χ3v) is 4.27. The number of amides is 1. The maximum atomic E-state index is 12.2. The van der Waals surface area contributed by atoms with Crippen LogP contribution in [0.2, 0.25) is 0 Å². The van der Waals surface area contributed by atoms with Crippen LogP contribution in [0.4, 0.5) is 5.82 Å². The number of nitrogens with zero attached hydrogens (tertiary/aromatic N) is 1. The van der Waals surface area contributed by atoms with E-state index in [1.54, 1.807) is 0 Å². The van der Waals surface area contributed by atoms with Crippen molar-refractivity contribution >= 4 is 11.7 Å². The lowest BCUT2D eigenvalue weighted by Gasteiger charge is -2.18. The van der Waals surface area contributed by atoms with Crippen LogP contribution in [-0.2, 0) is 4.79 Å². The van der Waals surface area contributed by atoms with E-state index in [9.17, 15) is 4.79 Å². The molecule has 2 aromatic rings. The molecule has 6 nitrogen and oxygen atoms in total. The van der Waals surface area contributed by atoms with Crippen LogP contribution < -0.4 is 20.1 Å². The van der Waals surface area contributed by atoms with Gasteiger partial charge in [-0.3, -0.25) is 4.79 Å². The molecule has 0 saturated carbocycles. The van der Waals surface area contributed by atoms with Crippen molar-refractivity contribution in [1.29, 1.82) is 0 Å². The van der Waals surface area contributed by atoms with Gasteiger partial charge >= 0.3 is 0 Å². The number of hydrogen-bond acceptors (Lipinski definition) is 5. The van der Waals surface area contributed by atoms with E-state index in [1.807, 2.05) is 36.4 Å². The summed E-state index contributed by atoms with van der Waals surface area (Å²) >= 11 is 0. The third kappa shape index (κ3) is 3.05. The minimum Gasteiger partial charge on any atom is -0.486 e. The molecule has 1 aromatic heterocycles. The number of carbonyl (C=O) groups is 1. The van der Waals surface area contributed by atoms with Crippen LogP contribution in [0.3, 0.4) is 0 Å². The highest BCUT2D eigenvalue weighted by atomic mass is 16.6. The summed E-state index contributed by atoms with van der Waals surface area (Å²) in [5.41, 5.74) is 1.72. The molecule has 0 radical (unpaired) electrons. The Morgan fingerprint density at radius 3 is 2.88 bits per heavy atom. The van der Waals surface area contributed by atoms with Crippen LogP contribution in [0.5, 0.6) is 11.5 Å². The molecule has 2 aliphatic heterocycles. The summed E-state index contributed by atoms with van der Waals surface area (Å²) in [6.45, 7) is 2.74. The first-order chi connectivity index (χ1) is 11.8. The molecule has 1 saturated heterocycles. The minimum atomic E-state index is 0.0183. The van der Waals surface area contributed by atoms with E-state index in [2.05, 4.69) is 15.6 Å². The molecule has 2 N–H and O–H groups in total. The minimum absolute atomic E-state index is 0.0183. The molecular formula is C18H19N3O3. The molecule has 4 rings (SSSR count). The van der Waals surface area contributed by atoms with Gasteiger partial charge in [0.15, 0.2) is 11.5 Å². The number of fused-ring (bicyclic) bond motifs is 1. The molecule has 1 atom stereocenters. The van der Waals surface area contributed by atoms with Crippen molar-refractivity contribution in [2.75, 3.05) is 31.6 Å². The largest absolute Gasteiger partial charge is 0.486 e. The van der Waals surface area contributed by atoms with Gasteiger partial charge in [-0.25, -0.2) is 4.98 Å².